The Morgan fingerprint density at radius 3 is 2.45 bits per heavy atom. The van der Waals surface area contributed by atoms with Gasteiger partial charge < -0.3 is 15.2 Å². The first-order chi connectivity index (χ1) is 14.0. The van der Waals surface area contributed by atoms with E-state index in [4.69, 9.17) is 9.84 Å². The first-order valence-electron chi connectivity index (χ1n) is 8.70. The van der Waals surface area contributed by atoms with Gasteiger partial charge in [0.2, 0.25) is 0 Å². The number of aryl methyl sites for hydroxylation is 1. The fourth-order valence-electron chi connectivity index (χ4n) is 2.67. The monoisotopic (exact) mass is 413 g/mol. The van der Waals surface area contributed by atoms with E-state index >= 15 is 0 Å². The van der Waals surface area contributed by atoms with Crippen molar-refractivity contribution in [2.45, 2.75) is 12.8 Å². The number of anilines is 1. The van der Waals surface area contributed by atoms with E-state index in [1.807, 2.05) is 17.5 Å². The molecule has 0 unspecified atom stereocenters. The number of carboxylic acids is 1. The van der Waals surface area contributed by atoms with Crippen molar-refractivity contribution in [1.82, 2.24) is 4.68 Å². The summed E-state index contributed by atoms with van der Waals surface area (Å²) in [6.07, 6.45) is 0.114. The molecule has 0 fully saturated rings. The minimum absolute atomic E-state index is 0.0954. The fourth-order valence-corrected chi connectivity index (χ4v) is 3.41. The molecule has 9 heteroatoms. The topological polar surface area (TPSA) is 110 Å². The van der Waals surface area contributed by atoms with E-state index in [1.54, 1.807) is 36.4 Å². The highest BCUT2D eigenvalue weighted by molar-refractivity contribution is 7.13. The summed E-state index contributed by atoms with van der Waals surface area (Å²) >= 11 is 1.47. The second-order valence-corrected chi connectivity index (χ2v) is 6.99. The standard InChI is InChI=1S/C20H19N3O5S/c1-28-15-8-4-13(5-9-15)21-19(26)20(27)22-23-14(7-11-18(24)25)6-10-16(23)17-3-2-12-29-17/h2-6,8-10,12H,7,11H2,1H3,(H,21,26)(H,22,27)(H,24,25). The Labute approximate surface area is 170 Å². The number of hydrogen-bond acceptors (Lipinski definition) is 5. The number of carbonyl (C=O) groups is 3. The molecule has 0 spiro atoms. The molecule has 0 radical (unpaired) electrons. The molecular formula is C20H19N3O5S. The van der Waals surface area contributed by atoms with Gasteiger partial charge in [-0.1, -0.05) is 6.07 Å². The fraction of sp³-hybridized carbons (Fsp3) is 0.150. The summed E-state index contributed by atoms with van der Waals surface area (Å²) in [6, 6.07) is 13.8. The van der Waals surface area contributed by atoms with Crippen molar-refractivity contribution in [3.05, 3.63) is 59.6 Å². The summed E-state index contributed by atoms with van der Waals surface area (Å²) in [5.74, 6) is -2.03. The van der Waals surface area contributed by atoms with E-state index in [-0.39, 0.29) is 12.8 Å². The number of carboxylic acid groups (broad SMARTS) is 1. The summed E-state index contributed by atoms with van der Waals surface area (Å²) in [5, 5.41) is 13.4. The lowest BCUT2D eigenvalue weighted by molar-refractivity contribution is -0.137. The van der Waals surface area contributed by atoms with Gasteiger partial charge >= 0.3 is 17.8 Å². The lowest BCUT2D eigenvalue weighted by atomic mass is 10.2. The number of ether oxygens (including phenoxy) is 1. The Bertz CT molecular complexity index is 1010. The van der Waals surface area contributed by atoms with E-state index in [1.165, 1.54) is 23.1 Å². The van der Waals surface area contributed by atoms with Crippen molar-refractivity contribution < 1.29 is 24.2 Å². The zero-order chi connectivity index (χ0) is 20.8. The Kier molecular flexibility index (Phi) is 6.30. The number of aliphatic carboxylic acids is 1. The van der Waals surface area contributed by atoms with Crippen LogP contribution in [0.3, 0.4) is 0 Å². The summed E-state index contributed by atoms with van der Waals surface area (Å²) < 4.78 is 6.52. The summed E-state index contributed by atoms with van der Waals surface area (Å²) in [5.41, 5.74) is 4.27. The minimum atomic E-state index is -0.945. The highest BCUT2D eigenvalue weighted by Crippen LogP contribution is 2.26. The molecule has 8 nitrogen and oxygen atoms in total. The number of hydrogen-bond donors (Lipinski definition) is 3. The zero-order valence-corrected chi connectivity index (χ0v) is 16.4. The van der Waals surface area contributed by atoms with Gasteiger partial charge in [0.15, 0.2) is 0 Å². The molecule has 0 aliphatic rings. The third-order valence-electron chi connectivity index (χ3n) is 4.10. The van der Waals surface area contributed by atoms with Crippen LogP contribution in [0, 0.1) is 0 Å². The van der Waals surface area contributed by atoms with Crippen LogP contribution in [0.4, 0.5) is 5.69 Å². The van der Waals surface area contributed by atoms with Crippen LogP contribution in [-0.4, -0.2) is 34.7 Å². The van der Waals surface area contributed by atoms with Crippen molar-refractivity contribution >= 4 is 34.8 Å². The van der Waals surface area contributed by atoms with Crippen LogP contribution in [0.15, 0.2) is 53.9 Å². The Hall–Kier alpha value is -3.59. The maximum Gasteiger partial charge on any atom is 0.328 e. The van der Waals surface area contributed by atoms with Crippen molar-refractivity contribution in [1.29, 1.82) is 0 Å². The number of thiophene rings is 1. The van der Waals surface area contributed by atoms with Crippen LogP contribution in [-0.2, 0) is 20.8 Å². The smallest absolute Gasteiger partial charge is 0.328 e. The van der Waals surface area contributed by atoms with Gasteiger partial charge in [0, 0.05) is 17.8 Å². The minimum Gasteiger partial charge on any atom is -0.497 e. The summed E-state index contributed by atoms with van der Waals surface area (Å²) in [7, 11) is 1.53. The molecule has 0 saturated carbocycles. The molecular weight excluding hydrogens is 394 g/mol. The van der Waals surface area contributed by atoms with Gasteiger partial charge in [0.25, 0.3) is 0 Å². The van der Waals surface area contributed by atoms with Crippen LogP contribution in [0.5, 0.6) is 5.75 Å². The van der Waals surface area contributed by atoms with Crippen molar-refractivity contribution in [3.8, 4) is 16.3 Å². The number of carbonyl (C=O) groups excluding carboxylic acids is 2. The molecule has 3 aromatic rings. The highest BCUT2D eigenvalue weighted by atomic mass is 32.1. The largest absolute Gasteiger partial charge is 0.497 e. The predicted octanol–water partition coefficient (Wildman–Crippen LogP) is 2.95. The number of rotatable bonds is 7. The van der Waals surface area contributed by atoms with Gasteiger partial charge in [-0.2, -0.15) is 0 Å². The molecule has 2 heterocycles. The number of aromatic nitrogens is 1. The van der Waals surface area contributed by atoms with Crippen LogP contribution < -0.4 is 15.5 Å². The number of nitrogens with one attached hydrogen (secondary N) is 2. The Balaban J connectivity index is 1.77. The van der Waals surface area contributed by atoms with Crippen molar-refractivity contribution in [3.63, 3.8) is 0 Å². The van der Waals surface area contributed by atoms with E-state index < -0.39 is 17.8 Å². The lowest BCUT2D eigenvalue weighted by Gasteiger charge is -2.14. The highest BCUT2D eigenvalue weighted by Gasteiger charge is 2.19. The third kappa shape index (κ3) is 5.02. The summed E-state index contributed by atoms with van der Waals surface area (Å²) in [6.45, 7) is 0. The van der Waals surface area contributed by atoms with Gasteiger partial charge in [-0.15, -0.1) is 11.3 Å². The third-order valence-corrected chi connectivity index (χ3v) is 4.99. The van der Waals surface area contributed by atoms with Crippen LogP contribution >= 0.6 is 11.3 Å². The second kappa shape index (κ2) is 9.07. The molecule has 0 aliphatic carbocycles. The average molecular weight is 413 g/mol. The summed E-state index contributed by atoms with van der Waals surface area (Å²) in [4.78, 5) is 36.6. The molecule has 1 aromatic carbocycles. The quantitative estimate of drug-likeness (QED) is 0.516. The van der Waals surface area contributed by atoms with Gasteiger partial charge in [-0.25, -0.2) is 0 Å². The molecule has 29 heavy (non-hydrogen) atoms. The molecule has 0 atom stereocenters. The molecule has 3 N–H and O–H groups in total. The van der Waals surface area contributed by atoms with Gasteiger partial charge in [0.05, 0.1) is 24.1 Å². The molecule has 0 bridgehead atoms. The van der Waals surface area contributed by atoms with E-state index in [2.05, 4.69) is 10.7 Å². The predicted molar refractivity (Wildman–Crippen MR) is 110 cm³/mol. The molecule has 3 rings (SSSR count). The van der Waals surface area contributed by atoms with Gasteiger partial charge in [0.1, 0.15) is 5.75 Å². The molecule has 150 valence electrons. The Morgan fingerprint density at radius 1 is 1.07 bits per heavy atom. The van der Waals surface area contributed by atoms with E-state index in [9.17, 15) is 14.4 Å². The first-order valence-corrected chi connectivity index (χ1v) is 9.58. The average Bonchev–Trinajstić information content (AvgIpc) is 3.36. The normalized spacial score (nSPS) is 10.4. The number of methoxy groups -OCH3 is 1. The van der Waals surface area contributed by atoms with Crippen molar-refractivity contribution in [2.75, 3.05) is 17.9 Å². The van der Waals surface area contributed by atoms with E-state index in [0.29, 0.717) is 22.8 Å². The molecule has 0 aliphatic heterocycles. The number of amides is 2. The van der Waals surface area contributed by atoms with Crippen molar-refractivity contribution in [2.24, 2.45) is 0 Å². The number of benzene rings is 1. The van der Waals surface area contributed by atoms with Crippen LogP contribution in [0.1, 0.15) is 12.1 Å². The Morgan fingerprint density at radius 2 is 1.83 bits per heavy atom. The SMILES string of the molecule is COc1ccc(NC(=O)C(=O)Nn2c(CCC(=O)O)ccc2-c2cccs2)cc1. The maximum atomic E-state index is 12.5. The van der Waals surface area contributed by atoms with Crippen LogP contribution in [0.25, 0.3) is 10.6 Å². The van der Waals surface area contributed by atoms with Gasteiger partial charge in [-0.05, 0) is 47.8 Å². The van der Waals surface area contributed by atoms with Crippen LogP contribution in [0.2, 0.25) is 0 Å². The number of nitrogens with zero attached hydrogens (tertiary/aromatic N) is 1. The van der Waals surface area contributed by atoms with Gasteiger partial charge in [-0.3, -0.25) is 24.5 Å². The molecule has 2 amide bonds. The van der Waals surface area contributed by atoms with E-state index in [0.717, 1.165) is 4.88 Å². The maximum absolute atomic E-state index is 12.5. The lowest BCUT2D eigenvalue weighted by Crippen LogP contribution is -2.35. The molecule has 0 saturated heterocycles. The first kappa shape index (κ1) is 20.2. The second-order valence-electron chi connectivity index (χ2n) is 6.04. The zero-order valence-electron chi connectivity index (χ0n) is 15.5. The molecule has 2 aromatic heterocycles.